The fourth-order valence-corrected chi connectivity index (χ4v) is 3.02. The zero-order chi connectivity index (χ0) is 18.0. The van der Waals surface area contributed by atoms with Crippen LogP contribution in [-0.4, -0.2) is 28.9 Å². The molecular formula is C18H17BrN2O4. The SMILES string of the molecule is COc1ccc(CN(C(=O)c2ccc(Br)c([N+](=O)[O-])c2)C2CC2)cc1. The molecule has 1 saturated carbocycles. The van der Waals surface area contributed by atoms with Crippen LogP contribution in [-0.2, 0) is 6.54 Å². The number of halogens is 1. The molecule has 2 aromatic carbocycles. The minimum Gasteiger partial charge on any atom is -0.497 e. The molecule has 7 heteroatoms. The average Bonchev–Trinajstić information content (AvgIpc) is 3.44. The first kappa shape index (κ1) is 17.4. The Morgan fingerprint density at radius 1 is 1.28 bits per heavy atom. The monoisotopic (exact) mass is 404 g/mol. The molecule has 130 valence electrons. The van der Waals surface area contributed by atoms with E-state index in [1.54, 1.807) is 24.1 Å². The smallest absolute Gasteiger partial charge is 0.284 e. The van der Waals surface area contributed by atoms with E-state index in [4.69, 9.17) is 4.74 Å². The number of nitro groups is 1. The number of rotatable bonds is 6. The van der Waals surface area contributed by atoms with Gasteiger partial charge in [0.05, 0.1) is 16.5 Å². The summed E-state index contributed by atoms with van der Waals surface area (Å²) >= 11 is 3.15. The Bertz CT molecular complexity index is 803. The third kappa shape index (κ3) is 3.99. The largest absolute Gasteiger partial charge is 0.497 e. The van der Waals surface area contributed by atoms with Crippen LogP contribution in [0.5, 0.6) is 5.75 Å². The quantitative estimate of drug-likeness (QED) is 0.534. The Kier molecular flexibility index (Phi) is 5.03. The van der Waals surface area contributed by atoms with E-state index in [0.29, 0.717) is 16.6 Å². The summed E-state index contributed by atoms with van der Waals surface area (Å²) in [6, 6.07) is 12.2. The standard InChI is InChI=1S/C18H17BrN2O4/c1-25-15-7-2-12(3-8-15)11-20(14-5-6-14)18(22)13-4-9-16(19)17(10-13)21(23)24/h2-4,7-10,14H,5-6,11H2,1H3. The molecule has 0 N–H and O–H groups in total. The van der Waals surface area contributed by atoms with Crippen LogP contribution in [0.2, 0.25) is 0 Å². The Labute approximate surface area is 153 Å². The molecule has 0 bridgehead atoms. The van der Waals surface area contributed by atoms with Crippen LogP contribution < -0.4 is 4.74 Å². The highest BCUT2D eigenvalue weighted by Gasteiger charge is 2.33. The van der Waals surface area contributed by atoms with Crippen molar-refractivity contribution in [1.29, 1.82) is 0 Å². The van der Waals surface area contributed by atoms with Gasteiger partial charge in [-0.25, -0.2) is 0 Å². The summed E-state index contributed by atoms with van der Waals surface area (Å²) in [5, 5.41) is 11.1. The predicted octanol–water partition coefficient (Wildman–Crippen LogP) is 4.17. The number of ether oxygens (including phenoxy) is 1. The van der Waals surface area contributed by atoms with Crippen LogP contribution in [0.3, 0.4) is 0 Å². The van der Waals surface area contributed by atoms with Gasteiger partial charge in [0.2, 0.25) is 0 Å². The lowest BCUT2D eigenvalue weighted by molar-refractivity contribution is -0.385. The summed E-state index contributed by atoms with van der Waals surface area (Å²) < 4.78 is 5.51. The van der Waals surface area contributed by atoms with Crippen LogP contribution in [0.15, 0.2) is 46.9 Å². The second-order valence-electron chi connectivity index (χ2n) is 5.94. The van der Waals surface area contributed by atoms with E-state index in [9.17, 15) is 14.9 Å². The Hall–Kier alpha value is -2.41. The molecule has 3 rings (SSSR count). The van der Waals surface area contributed by atoms with Crippen molar-refractivity contribution >= 4 is 27.5 Å². The molecule has 0 heterocycles. The lowest BCUT2D eigenvalue weighted by Gasteiger charge is -2.23. The number of carbonyl (C=O) groups is 1. The molecule has 0 spiro atoms. The summed E-state index contributed by atoms with van der Waals surface area (Å²) in [7, 11) is 1.61. The maximum atomic E-state index is 12.9. The van der Waals surface area contributed by atoms with Gasteiger partial charge in [-0.1, -0.05) is 12.1 Å². The summed E-state index contributed by atoms with van der Waals surface area (Å²) in [4.78, 5) is 25.3. The topological polar surface area (TPSA) is 72.7 Å². The van der Waals surface area contributed by atoms with Gasteiger partial charge in [0, 0.05) is 24.2 Å². The van der Waals surface area contributed by atoms with Crippen molar-refractivity contribution in [1.82, 2.24) is 4.90 Å². The summed E-state index contributed by atoms with van der Waals surface area (Å²) in [5.41, 5.74) is 1.22. The van der Waals surface area contributed by atoms with E-state index < -0.39 is 4.92 Å². The number of nitro benzene ring substituents is 1. The molecule has 0 unspecified atom stereocenters. The van der Waals surface area contributed by atoms with Crippen LogP contribution in [0.1, 0.15) is 28.8 Å². The van der Waals surface area contributed by atoms with E-state index in [1.807, 2.05) is 24.3 Å². The van der Waals surface area contributed by atoms with Gasteiger partial charge >= 0.3 is 0 Å². The van der Waals surface area contributed by atoms with Crippen molar-refractivity contribution in [2.75, 3.05) is 7.11 Å². The maximum Gasteiger partial charge on any atom is 0.284 e. The van der Waals surface area contributed by atoms with Gasteiger partial charge in [0.25, 0.3) is 11.6 Å². The van der Waals surface area contributed by atoms with E-state index in [0.717, 1.165) is 24.2 Å². The van der Waals surface area contributed by atoms with Gasteiger partial charge in [0.15, 0.2) is 0 Å². The highest BCUT2D eigenvalue weighted by Crippen LogP contribution is 2.32. The number of carbonyl (C=O) groups excluding carboxylic acids is 1. The molecule has 6 nitrogen and oxygen atoms in total. The zero-order valence-electron chi connectivity index (χ0n) is 13.6. The van der Waals surface area contributed by atoms with Gasteiger partial charge in [-0.2, -0.15) is 0 Å². The molecule has 1 aliphatic carbocycles. The third-order valence-corrected chi connectivity index (χ3v) is 4.82. The summed E-state index contributed by atoms with van der Waals surface area (Å²) in [5.74, 6) is 0.575. The summed E-state index contributed by atoms with van der Waals surface area (Å²) in [6.07, 6.45) is 1.92. The first-order valence-corrected chi connectivity index (χ1v) is 8.66. The van der Waals surface area contributed by atoms with E-state index in [2.05, 4.69) is 15.9 Å². The molecule has 25 heavy (non-hydrogen) atoms. The second-order valence-corrected chi connectivity index (χ2v) is 6.79. The Morgan fingerprint density at radius 3 is 2.52 bits per heavy atom. The third-order valence-electron chi connectivity index (χ3n) is 4.15. The van der Waals surface area contributed by atoms with Gasteiger partial charge in [-0.3, -0.25) is 14.9 Å². The van der Waals surface area contributed by atoms with Gasteiger partial charge in [0.1, 0.15) is 5.75 Å². The number of hydrogen-bond acceptors (Lipinski definition) is 4. The van der Waals surface area contributed by atoms with Crippen molar-refractivity contribution < 1.29 is 14.5 Å². The van der Waals surface area contributed by atoms with Crippen molar-refractivity contribution in [3.63, 3.8) is 0 Å². The number of methoxy groups -OCH3 is 1. The Balaban J connectivity index is 1.84. The molecule has 0 atom stereocenters. The van der Waals surface area contributed by atoms with E-state index >= 15 is 0 Å². The lowest BCUT2D eigenvalue weighted by atomic mass is 10.1. The van der Waals surface area contributed by atoms with E-state index in [-0.39, 0.29) is 17.6 Å². The van der Waals surface area contributed by atoms with Crippen molar-refractivity contribution in [2.45, 2.75) is 25.4 Å². The molecule has 0 aliphatic heterocycles. The minimum absolute atomic E-state index is 0.106. The molecular weight excluding hydrogens is 388 g/mol. The molecule has 1 aliphatic rings. The minimum atomic E-state index is -0.494. The highest BCUT2D eigenvalue weighted by molar-refractivity contribution is 9.10. The number of amides is 1. The molecule has 1 amide bonds. The van der Waals surface area contributed by atoms with Crippen molar-refractivity contribution in [3.8, 4) is 5.75 Å². The van der Waals surface area contributed by atoms with Crippen LogP contribution in [0.25, 0.3) is 0 Å². The second kappa shape index (κ2) is 7.23. The fourth-order valence-electron chi connectivity index (χ4n) is 2.63. The first-order chi connectivity index (χ1) is 12.0. The fraction of sp³-hybridized carbons (Fsp3) is 0.278. The van der Waals surface area contributed by atoms with Crippen molar-refractivity contribution in [3.05, 3.63) is 68.2 Å². The number of nitrogens with zero attached hydrogens (tertiary/aromatic N) is 2. The van der Waals surface area contributed by atoms with Crippen LogP contribution in [0.4, 0.5) is 5.69 Å². The molecule has 0 saturated heterocycles. The number of hydrogen-bond donors (Lipinski definition) is 0. The van der Waals surface area contributed by atoms with Gasteiger partial charge in [-0.15, -0.1) is 0 Å². The van der Waals surface area contributed by atoms with Gasteiger partial charge in [-0.05, 0) is 58.6 Å². The Morgan fingerprint density at radius 2 is 1.96 bits per heavy atom. The average molecular weight is 405 g/mol. The molecule has 0 aromatic heterocycles. The normalized spacial score (nSPS) is 13.4. The van der Waals surface area contributed by atoms with Crippen LogP contribution >= 0.6 is 15.9 Å². The number of benzene rings is 2. The summed E-state index contributed by atoms with van der Waals surface area (Å²) in [6.45, 7) is 0.470. The predicted molar refractivity (Wildman–Crippen MR) is 96.7 cm³/mol. The lowest BCUT2D eigenvalue weighted by Crippen LogP contribution is -2.32. The van der Waals surface area contributed by atoms with Crippen LogP contribution in [0, 0.1) is 10.1 Å². The van der Waals surface area contributed by atoms with Crippen molar-refractivity contribution in [2.24, 2.45) is 0 Å². The zero-order valence-corrected chi connectivity index (χ0v) is 15.2. The molecule has 2 aromatic rings. The van der Waals surface area contributed by atoms with E-state index in [1.165, 1.54) is 6.07 Å². The molecule has 0 radical (unpaired) electrons. The first-order valence-electron chi connectivity index (χ1n) is 7.87. The maximum absolute atomic E-state index is 12.9. The molecule has 1 fully saturated rings. The van der Waals surface area contributed by atoms with Gasteiger partial charge < -0.3 is 9.64 Å². The highest BCUT2D eigenvalue weighted by atomic mass is 79.9.